The number of carbonyl (C=O) groups is 1. The first kappa shape index (κ1) is 17.7. The van der Waals surface area contributed by atoms with Gasteiger partial charge in [-0.2, -0.15) is 0 Å². The van der Waals surface area contributed by atoms with Crippen LogP contribution in [0.2, 0.25) is 0 Å². The van der Waals surface area contributed by atoms with E-state index < -0.39 is 0 Å². The summed E-state index contributed by atoms with van der Waals surface area (Å²) in [7, 11) is 1.65. The Balaban J connectivity index is 2.21. The smallest absolute Gasteiger partial charge is 0.262 e. The van der Waals surface area contributed by atoms with Crippen molar-refractivity contribution in [2.24, 2.45) is 5.73 Å². The molecule has 6 heteroatoms. The number of methoxy groups -OCH3 is 1. The Hall–Kier alpha value is -1.39. The van der Waals surface area contributed by atoms with Gasteiger partial charge < -0.3 is 20.5 Å². The van der Waals surface area contributed by atoms with Crippen molar-refractivity contribution in [1.82, 2.24) is 5.32 Å². The van der Waals surface area contributed by atoms with Crippen molar-refractivity contribution in [2.45, 2.75) is 12.8 Å². The molecule has 0 aliphatic heterocycles. The minimum Gasteiger partial charge on any atom is -0.382 e. The number of unbranched alkanes of at least 4 members (excludes halogenated alkanes) is 1. The molecule has 1 aromatic heterocycles. The monoisotopic (exact) mass is 310 g/mol. The van der Waals surface area contributed by atoms with Crippen molar-refractivity contribution in [3.8, 4) is 11.8 Å². The van der Waals surface area contributed by atoms with Crippen LogP contribution < -0.4 is 11.1 Å². The number of ether oxygens (including phenoxy) is 2. The number of carbonyl (C=O) groups excluding carboxylic acids is 1. The van der Waals surface area contributed by atoms with Gasteiger partial charge in [-0.3, -0.25) is 4.79 Å². The Morgan fingerprint density at radius 3 is 3.00 bits per heavy atom. The molecule has 0 bridgehead atoms. The highest BCUT2D eigenvalue weighted by Gasteiger charge is 2.10. The zero-order valence-corrected chi connectivity index (χ0v) is 13.1. The van der Waals surface area contributed by atoms with Crippen LogP contribution in [0, 0.1) is 11.8 Å². The van der Waals surface area contributed by atoms with Crippen molar-refractivity contribution < 1.29 is 14.3 Å². The van der Waals surface area contributed by atoms with Gasteiger partial charge in [0.1, 0.15) is 4.88 Å². The Labute approximate surface area is 129 Å². The molecule has 116 valence electrons. The minimum absolute atomic E-state index is 0.0772. The van der Waals surface area contributed by atoms with E-state index in [1.54, 1.807) is 7.11 Å². The van der Waals surface area contributed by atoms with Crippen LogP contribution in [0.3, 0.4) is 0 Å². The molecule has 5 nitrogen and oxygen atoms in total. The first-order chi connectivity index (χ1) is 10.3. The molecule has 3 N–H and O–H groups in total. The fraction of sp³-hybridized carbons (Fsp3) is 0.533. The largest absolute Gasteiger partial charge is 0.382 e. The molecule has 1 amide bonds. The zero-order chi connectivity index (χ0) is 15.3. The number of nitrogens with two attached hydrogens (primary N) is 1. The fourth-order valence-electron chi connectivity index (χ4n) is 1.59. The Morgan fingerprint density at radius 1 is 1.38 bits per heavy atom. The number of rotatable bonds is 9. The summed E-state index contributed by atoms with van der Waals surface area (Å²) in [5, 5.41) is 4.76. The maximum atomic E-state index is 12.0. The van der Waals surface area contributed by atoms with Crippen molar-refractivity contribution in [3.05, 3.63) is 21.9 Å². The quantitative estimate of drug-likeness (QED) is 0.531. The van der Waals surface area contributed by atoms with Crippen molar-refractivity contribution in [3.63, 3.8) is 0 Å². The standard InChI is InChI=1S/C15H22N2O3S/c1-19-10-11-20-9-3-2-8-17-15(18)14-13(5-4-7-16)6-12-21-14/h6,12H,2-3,7-11,16H2,1H3,(H,17,18). The van der Waals surface area contributed by atoms with Gasteiger partial charge in [0.25, 0.3) is 5.91 Å². The molecule has 0 saturated heterocycles. The van der Waals surface area contributed by atoms with Crippen molar-refractivity contribution >= 4 is 17.2 Å². The molecule has 0 radical (unpaired) electrons. The van der Waals surface area contributed by atoms with Gasteiger partial charge in [-0.1, -0.05) is 11.8 Å². The van der Waals surface area contributed by atoms with Gasteiger partial charge in [0.15, 0.2) is 0 Å². The molecule has 1 rings (SSSR count). The molecule has 1 heterocycles. The van der Waals surface area contributed by atoms with E-state index in [1.807, 2.05) is 11.4 Å². The normalized spacial score (nSPS) is 10.0. The number of nitrogens with one attached hydrogen (secondary N) is 1. The first-order valence-electron chi connectivity index (χ1n) is 6.91. The van der Waals surface area contributed by atoms with Gasteiger partial charge >= 0.3 is 0 Å². The van der Waals surface area contributed by atoms with Crippen molar-refractivity contribution in [1.29, 1.82) is 0 Å². The second kappa shape index (κ2) is 11.3. The number of thiophene rings is 1. The molecular formula is C15H22N2O3S. The van der Waals surface area contributed by atoms with Crippen LogP contribution in [0.4, 0.5) is 0 Å². The van der Waals surface area contributed by atoms with Gasteiger partial charge in [0.2, 0.25) is 0 Å². The highest BCUT2D eigenvalue weighted by Crippen LogP contribution is 2.15. The summed E-state index contributed by atoms with van der Waals surface area (Å²) in [6.45, 7) is 2.84. The predicted octanol–water partition coefficient (Wildman–Crippen LogP) is 1.23. The maximum Gasteiger partial charge on any atom is 0.262 e. The Kier molecular flexibility index (Phi) is 9.49. The summed E-state index contributed by atoms with van der Waals surface area (Å²) >= 11 is 1.39. The van der Waals surface area contributed by atoms with Crippen LogP contribution in [0.15, 0.2) is 11.4 Å². The van der Waals surface area contributed by atoms with E-state index in [4.69, 9.17) is 15.2 Å². The highest BCUT2D eigenvalue weighted by atomic mass is 32.1. The number of amides is 1. The topological polar surface area (TPSA) is 73.6 Å². The van der Waals surface area contributed by atoms with Crippen molar-refractivity contribution in [2.75, 3.05) is 40.0 Å². The average molecular weight is 310 g/mol. The van der Waals surface area contributed by atoms with E-state index in [1.165, 1.54) is 11.3 Å². The first-order valence-corrected chi connectivity index (χ1v) is 7.79. The Bertz CT molecular complexity index is 477. The van der Waals surface area contributed by atoms with Crippen LogP contribution in [0.1, 0.15) is 28.1 Å². The van der Waals surface area contributed by atoms with Crippen LogP contribution in [0.25, 0.3) is 0 Å². The average Bonchev–Trinajstić information content (AvgIpc) is 2.96. The van der Waals surface area contributed by atoms with E-state index >= 15 is 0 Å². The summed E-state index contributed by atoms with van der Waals surface area (Å²) in [5.41, 5.74) is 6.08. The van der Waals surface area contributed by atoms with Crippen LogP contribution in [-0.2, 0) is 9.47 Å². The molecule has 0 aromatic carbocycles. The summed E-state index contributed by atoms with van der Waals surface area (Å²) in [4.78, 5) is 12.7. The van der Waals surface area contributed by atoms with Crippen LogP contribution in [-0.4, -0.2) is 45.9 Å². The summed E-state index contributed by atoms with van der Waals surface area (Å²) < 4.78 is 10.2. The SMILES string of the molecule is COCCOCCCCNC(=O)c1sccc1C#CCN. The summed E-state index contributed by atoms with van der Waals surface area (Å²) in [6, 6.07) is 1.84. The van der Waals surface area contributed by atoms with Gasteiger partial charge in [-0.15, -0.1) is 11.3 Å². The van der Waals surface area contributed by atoms with Gasteiger partial charge in [-0.05, 0) is 24.3 Å². The van der Waals surface area contributed by atoms with Crippen LogP contribution in [0.5, 0.6) is 0 Å². The van der Waals surface area contributed by atoms with E-state index in [9.17, 15) is 4.79 Å². The molecule has 0 aliphatic carbocycles. The second-order valence-corrected chi connectivity index (χ2v) is 5.15. The lowest BCUT2D eigenvalue weighted by molar-refractivity contribution is 0.0686. The summed E-state index contributed by atoms with van der Waals surface area (Å²) in [5.74, 6) is 5.59. The predicted molar refractivity (Wildman–Crippen MR) is 84.5 cm³/mol. The molecule has 0 saturated carbocycles. The van der Waals surface area contributed by atoms with Gasteiger partial charge in [-0.25, -0.2) is 0 Å². The number of hydrogen-bond acceptors (Lipinski definition) is 5. The molecule has 0 spiro atoms. The third-order valence-electron chi connectivity index (χ3n) is 2.63. The minimum atomic E-state index is -0.0772. The Morgan fingerprint density at radius 2 is 2.24 bits per heavy atom. The maximum absolute atomic E-state index is 12.0. The van der Waals surface area contributed by atoms with Gasteiger partial charge in [0.05, 0.1) is 19.8 Å². The lowest BCUT2D eigenvalue weighted by Crippen LogP contribution is -2.24. The fourth-order valence-corrected chi connectivity index (χ4v) is 2.35. The molecule has 1 aromatic rings. The zero-order valence-electron chi connectivity index (χ0n) is 12.3. The molecular weight excluding hydrogens is 288 g/mol. The second-order valence-electron chi connectivity index (χ2n) is 4.24. The van der Waals surface area contributed by atoms with E-state index in [2.05, 4.69) is 17.2 Å². The van der Waals surface area contributed by atoms with Gasteiger partial charge in [0, 0.05) is 25.8 Å². The number of hydrogen-bond donors (Lipinski definition) is 2. The van der Waals surface area contributed by atoms with E-state index in [-0.39, 0.29) is 5.91 Å². The van der Waals surface area contributed by atoms with E-state index in [0.29, 0.717) is 37.8 Å². The molecule has 0 unspecified atom stereocenters. The third-order valence-corrected chi connectivity index (χ3v) is 3.54. The van der Waals surface area contributed by atoms with Crippen LogP contribution >= 0.6 is 11.3 Å². The lowest BCUT2D eigenvalue weighted by atomic mass is 10.2. The molecule has 0 fully saturated rings. The molecule has 0 aliphatic rings. The lowest BCUT2D eigenvalue weighted by Gasteiger charge is -2.05. The molecule has 0 atom stereocenters. The van der Waals surface area contributed by atoms with E-state index in [0.717, 1.165) is 18.4 Å². The third kappa shape index (κ3) is 7.25. The highest BCUT2D eigenvalue weighted by molar-refractivity contribution is 7.12. The summed E-state index contributed by atoms with van der Waals surface area (Å²) in [6.07, 6.45) is 1.79. The molecule has 21 heavy (non-hydrogen) atoms.